The van der Waals surface area contributed by atoms with E-state index in [2.05, 4.69) is 0 Å². The van der Waals surface area contributed by atoms with E-state index in [4.69, 9.17) is 11.5 Å². The van der Waals surface area contributed by atoms with Gasteiger partial charge in [0, 0.05) is 0 Å². The summed E-state index contributed by atoms with van der Waals surface area (Å²) < 4.78 is 0. The molecule has 0 saturated heterocycles. The molecule has 0 saturated carbocycles. The molecule has 0 aliphatic rings. The lowest BCUT2D eigenvalue weighted by atomic mass is 10.1. The summed E-state index contributed by atoms with van der Waals surface area (Å²) >= 11 is 0. The number of carbonyl (C=O) groups is 4. The molecule has 0 radical (unpaired) electrons. The van der Waals surface area contributed by atoms with Gasteiger partial charge in [-0.3, -0.25) is 19.2 Å². The summed E-state index contributed by atoms with van der Waals surface area (Å²) in [4.78, 5) is 42.9. The van der Waals surface area contributed by atoms with E-state index in [0.717, 1.165) is 0 Å². The average Bonchev–Trinajstić information content (AvgIpc) is 2.30. The van der Waals surface area contributed by atoms with Gasteiger partial charge >= 0.3 is 0 Å². The highest BCUT2D eigenvalue weighted by Gasteiger charge is 2.30. The van der Waals surface area contributed by atoms with E-state index in [1.54, 1.807) is 0 Å². The molecule has 18 heavy (non-hydrogen) atoms. The summed E-state index contributed by atoms with van der Waals surface area (Å²) in [7, 11) is 0. The van der Waals surface area contributed by atoms with Crippen LogP contribution < -0.4 is 22.1 Å². The molecule has 0 aliphatic heterocycles. The number of nitrogens with one attached hydrogen (secondary N) is 2. The van der Waals surface area contributed by atoms with Crippen molar-refractivity contribution in [2.75, 3.05) is 13.1 Å². The summed E-state index contributed by atoms with van der Waals surface area (Å²) in [5.74, 6) is -4.03. The number of nitrogens with two attached hydrogens (primary N) is 2. The van der Waals surface area contributed by atoms with E-state index in [1.807, 2.05) is 10.6 Å². The number of carbonyl (C=O) groups excluding carboxylic acids is 4. The summed E-state index contributed by atoms with van der Waals surface area (Å²) in [6.07, 6.45) is -4.20. The van der Waals surface area contributed by atoms with Crippen molar-refractivity contribution in [3.63, 3.8) is 0 Å². The largest absolute Gasteiger partial charge is 0.380 e. The lowest BCUT2D eigenvalue weighted by Crippen LogP contribution is -2.51. The van der Waals surface area contributed by atoms with Crippen LogP contribution >= 0.6 is 0 Å². The Labute approximate surface area is 101 Å². The van der Waals surface area contributed by atoms with Gasteiger partial charge in [0.05, 0.1) is 13.1 Å². The van der Waals surface area contributed by atoms with Gasteiger partial charge in [0.1, 0.15) is 0 Å². The third-order valence-corrected chi connectivity index (χ3v) is 1.71. The van der Waals surface area contributed by atoms with Gasteiger partial charge in [0.2, 0.25) is 11.8 Å². The molecule has 0 aromatic carbocycles. The number of hydrogen-bond acceptors (Lipinski definition) is 6. The maximum atomic E-state index is 11.1. The predicted octanol–water partition coefficient (Wildman–Crippen LogP) is -5.09. The molecule has 2 unspecified atom stereocenters. The SMILES string of the molecule is NC(=O)CNC(=O)C(O)C(O)C(=O)NCC(N)=O. The highest BCUT2D eigenvalue weighted by Crippen LogP contribution is 1.94. The zero-order valence-electron chi connectivity index (χ0n) is 9.25. The minimum atomic E-state index is -2.10. The van der Waals surface area contributed by atoms with E-state index < -0.39 is 48.9 Å². The second-order valence-electron chi connectivity index (χ2n) is 3.26. The summed E-state index contributed by atoms with van der Waals surface area (Å²) in [6, 6.07) is 0. The maximum absolute atomic E-state index is 11.1. The van der Waals surface area contributed by atoms with E-state index in [0.29, 0.717) is 0 Å². The Bertz CT molecular complexity index is 323. The van der Waals surface area contributed by atoms with Crippen molar-refractivity contribution in [3.8, 4) is 0 Å². The first-order chi connectivity index (χ1) is 8.25. The van der Waals surface area contributed by atoms with E-state index >= 15 is 0 Å². The van der Waals surface area contributed by atoms with Crippen LogP contribution in [0.25, 0.3) is 0 Å². The summed E-state index contributed by atoms with van der Waals surface area (Å²) in [5, 5.41) is 22.3. The molecule has 4 amide bonds. The van der Waals surface area contributed by atoms with Crippen molar-refractivity contribution in [3.05, 3.63) is 0 Å². The fourth-order valence-electron chi connectivity index (χ4n) is 0.844. The van der Waals surface area contributed by atoms with Gasteiger partial charge in [-0.25, -0.2) is 0 Å². The maximum Gasteiger partial charge on any atom is 0.252 e. The highest BCUT2D eigenvalue weighted by atomic mass is 16.3. The van der Waals surface area contributed by atoms with Crippen LogP contribution in [0.15, 0.2) is 0 Å². The van der Waals surface area contributed by atoms with Crippen molar-refractivity contribution in [2.45, 2.75) is 12.2 Å². The fourth-order valence-corrected chi connectivity index (χ4v) is 0.844. The lowest BCUT2D eigenvalue weighted by molar-refractivity contribution is -0.146. The molecule has 0 fully saturated rings. The molecular formula is C8H14N4O6. The Kier molecular flexibility index (Phi) is 6.31. The predicted molar refractivity (Wildman–Crippen MR) is 56.4 cm³/mol. The van der Waals surface area contributed by atoms with E-state index in [1.165, 1.54) is 0 Å². The smallest absolute Gasteiger partial charge is 0.252 e. The van der Waals surface area contributed by atoms with Crippen LogP contribution in [0.2, 0.25) is 0 Å². The van der Waals surface area contributed by atoms with Crippen LogP contribution in [0.5, 0.6) is 0 Å². The molecule has 0 rings (SSSR count). The van der Waals surface area contributed by atoms with Crippen LogP contribution in [-0.4, -0.2) is 59.1 Å². The van der Waals surface area contributed by atoms with Crippen molar-refractivity contribution >= 4 is 23.6 Å². The summed E-state index contributed by atoms with van der Waals surface area (Å²) in [6.45, 7) is -1.10. The van der Waals surface area contributed by atoms with Crippen LogP contribution in [0, 0.1) is 0 Å². The van der Waals surface area contributed by atoms with Crippen LogP contribution in [0.4, 0.5) is 0 Å². The summed E-state index contributed by atoms with van der Waals surface area (Å²) in [5.41, 5.74) is 9.46. The van der Waals surface area contributed by atoms with Crippen LogP contribution in [0.1, 0.15) is 0 Å². The van der Waals surface area contributed by atoms with Crippen molar-refractivity contribution in [1.29, 1.82) is 0 Å². The van der Waals surface area contributed by atoms with Gasteiger partial charge < -0.3 is 32.3 Å². The molecule has 2 atom stereocenters. The average molecular weight is 262 g/mol. The standard InChI is InChI=1S/C8H14N4O6/c9-3(13)1-11-7(17)5(15)6(16)8(18)12-2-4(10)14/h5-6,15-16H,1-2H2,(H2,9,13)(H2,10,14)(H,11,17)(H,12,18). The molecule has 102 valence electrons. The third kappa shape index (κ3) is 5.77. The Morgan fingerprint density at radius 2 is 1.11 bits per heavy atom. The molecule has 0 aromatic heterocycles. The molecule has 8 N–H and O–H groups in total. The molecule has 0 bridgehead atoms. The molecule has 10 nitrogen and oxygen atoms in total. The number of hydrogen-bond donors (Lipinski definition) is 6. The Morgan fingerprint density at radius 3 is 1.33 bits per heavy atom. The Hall–Kier alpha value is -2.20. The quantitative estimate of drug-likeness (QED) is 0.266. The second kappa shape index (κ2) is 7.19. The lowest BCUT2D eigenvalue weighted by Gasteiger charge is -2.16. The zero-order valence-corrected chi connectivity index (χ0v) is 9.25. The molecular weight excluding hydrogens is 248 g/mol. The molecule has 0 aliphatic carbocycles. The van der Waals surface area contributed by atoms with E-state index in [-0.39, 0.29) is 0 Å². The van der Waals surface area contributed by atoms with Gasteiger partial charge in [-0.1, -0.05) is 0 Å². The van der Waals surface area contributed by atoms with Crippen LogP contribution in [-0.2, 0) is 19.2 Å². The molecule has 0 aromatic rings. The van der Waals surface area contributed by atoms with Gasteiger partial charge in [-0.2, -0.15) is 0 Å². The van der Waals surface area contributed by atoms with Gasteiger partial charge in [0.25, 0.3) is 11.8 Å². The number of amides is 4. The van der Waals surface area contributed by atoms with Gasteiger partial charge in [-0.05, 0) is 0 Å². The topological polar surface area (TPSA) is 185 Å². The highest BCUT2D eigenvalue weighted by molar-refractivity contribution is 5.93. The third-order valence-electron chi connectivity index (χ3n) is 1.71. The van der Waals surface area contributed by atoms with Gasteiger partial charge in [-0.15, -0.1) is 0 Å². The number of primary amides is 2. The fraction of sp³-hybridized carbons (Fsp3) is 0.500. The van der Waals surface area contributed by atoms with Crippen molar-refractivity contribution in [1.82, 2.24) is 10.6 Å². The van der Waals surface area contributed by atoms with E-state index in [9.17, 15) is 29.4 Å². The van der Waals surface area contributed by atoms with Crippen LogP contribution in [0.3, 0.4) is 0 Å². The Balaban J connectivity index is 4.26. The first-order valence-corrected chi connectivity index (χ1v) is 4.74. The molecule has 10 heteroatoms. The zero-order chi connectivity index (χ0) is 14.3. The first kappa shape index (κ1) is 15.8. The first-order valence-electron chi connectivity index (χ1n) is 4.74. The normalized spacial score (nSPS) is 13.2. The van der Waals surface area contributed by atoms with Crippen molar-refractivity contribution < 1.29 is 29.4 Å². The van der Waals surface area contributed by atoms with Crippen molar-refractivity contribution in [2.24, 2.45) is 11.5 Å². The van der Waals surface area contributed by atoms with Gasteiger partial charge in [0.15, 0.2) is 12.2 Å². The number of aliphatic hydroxyl groups excluding tert-OH is 2. The number of aliphatic hydroxyl groups is 2. The minimum Gasteiger partial charge on any atom is -0.380 e. The minimum absolute atomic E-state index is 0.550. The second-order valence-corrected chi connectivity index (χ2v) is 3.26. The molecule has 0 heterocycles. The monoisotopic (exact) mass is 262 g/mol. The number of rotatable bonds is 7. The molecule has 0 spiro atoms. The Morgan fingerprint density at radius 1 is 0.833 bits per heavy atom.